The van der Waals surface area contributed by atoms with E-state index >= 15 is 0 Å². The first-order valence-electron chi connectivity index (χ1n) is 4.15. The van der Waals surface area contributed by atoms with E-state index in [9.17, 15) is 18.9 Å². The number of alkyl halides is 1. The maximum atomic E-state index is 13.2. The number of benzene rings is 1. The van der Waals surface area contributed by atoms with Gasteiger partial charge < -0.3 is 4.74 Å². The quantitative estimate of drug-likeness (QED) is 0.435. The molecular weight excluding hydrogens is 244 g/mol. The van der Waals surface area contributed by atoms with Crippen molar-refractivity contribution in [1.82, 2.24) is 0 Å². The molecular formula is C9H4ClF2NO3. The van der Waals surface area contributed by atoms with Crippen LogP contribution in [0.25, 0.3) is 6.08 Å². The Kier molecular flexibility index (Phi) is 2.51. The van der Waals surface area contributed by atoms with Crippen molar-refractivity contribution in [2.75, 3.05) is 0 Å². The van der Waals surface area contributed by atoms with Crippen LogP contribution in [0.1, 0.15) is 5.56 Å². The lowest BCUT2D eigenvalue weighted by atomic mass is 10.1. The number of rotatable bonds is 1. The summed E-state index contributed by atoms with van der Waals surface area (Å²) in [6.45, 7) is 0. The van der Waals surface area contributed by atoms with Gasteiger partial charge in [-0.2, -0.15) is 0 Å². The molecule has 0 aromatic heterocycles. The van der Waals surface area contributed by atoms with Gasteiger partial charge in [0.05, 0.1) is 4.92 Å². The largest absolute Gasteiger partial charge is 0.460 e. The third kappa shape index (κ3) is 1.71. The predicted octanol–water partition coefficient (Wildman–Crippen LogP) is 2.54. The Morgan fingerprint density at radius 1 is 1.44 bits per heavy atom. The summed E-state index contributed by atoms with van der Waals surface area (Å²) in [5, 5.41) is 10.5. The molecule has 1 aliphatic rings. The number of hydrogen-bond donors (Lipinski definition) is 0. The Labute approximate surface area is 93.2 Å². The fourth-order valence-electron chi connectivity index (χ4n) is 1.34. The highest BCUT2D eigenvalue weighted by molar-refractivity contribution is 6.21. The first kappa shape index (κ1) is 10.8. The average molecular weight is 248 g/mol. The highest BCUT2D eigenvalue weighted by Crippen LogP contribution is 2.34. The molecule has 0 N–H and O–H groups in total. The van der Waals surface area contributed by atoms with E-state index in [0.29, 0.717) is 6.07 Å². The Balaban J connectivity index is 2.59. The van der Waals surface area contributed by atoms with Crippen LogP contribution in [0.5, 0.6) is 5.75 Å². The van der Waals surface area contributed by atoms with Crippen LogP contribution in [-0.4, -0.2) is 10.5 Å². The van der Waals surface area contributed by atoms with Gasteiger partial charge >= 0.3 is 5.70 Å². The summed E-state index contributed by atoms with van der Waals surface area (Å²) < 4.78 is 30.9. The molecule has 0 bridgehead atoms. The summed E-state index contributed by atoms with van der Waals surface area (Å²) in [6, 6.07) is 1.55. The Morgan fingerprint density at radius 2 is 2.12 bits per heavy atom. The van der Waals surface area contributed by atoms with Gasteiger partial charge in [0.15, 0.2) is 11.6 Å². The molecule has 1 aromatic rings. The Morgan fingerprint density at radius 3 is 2.75 bits per heavy atom. The van der Waals surface area contributed by atoms with Gasteiger partial charge in [-0.15, -0.1) is 0 Å². The van der Waals surface area contributed by atoms with Gasteiger partial charge in [-0.3, -0.25) is 10.1 Å². The third-order valence-electron chi connectivity index (χ3n) is 2.01. The van der Waals surface area contributed by atoms with E-state index in [2.05, 4.69) is 0 Å². The lowest BCUT2D eigenvalue weighted by molar-refractivity contribution is -0.430. The Hall–Kier alpha value is -1.69. The number of hydrogen-bond acceptors (Lipinski definition) is 3. The molecule has 2 rings (SSSR count). The summed E-state index contributed by atoms with van der Waals surface area (Å²) in [7, 11) is 0. The molecule has 4 nitrogen and oxygen atoms in total. The van der Waals surface area contributed by atoms with Crippen molar-refractivity contribution in [3.63, 3.8) is 0 Å². The molecule has 0 saturated heterocycles. The van der Waals surface area contributed by atoms with Gasteiger partial charge in [-0.25, -0.2) is 8.78 Å². The number of nitro groups is 1. The number of nitrogens with zero attached hydrogens (tertiary/aromatic N) is 1. The molecule has 0 fully saturated rings. The molecule has 1 heterocycles. The summed E-state index contributed by atoms with van der Waals surface area (Å²) in [5.41, 5.74) is -1.89. The van der Waals surface area contributed by atoms with Gasteiger partial charge in [-0.1, -0.05) is 11.6 Å². The second kappa shape index (κ2) is 3.71. The minimum atomic E-state index is -1.39. The lowest BCUT2D eigenvalue weighted by Crippen LogP contribution is -2.22. The van der Waals surface area contributed by atoms with Crippen LogP contribution in [0.15, 0.2) is 17.8 Å². The number of fused-ring (bicyclic) bond motifs is 1. The molecule has 16 heavy (non-hydrogen) atoms. The Bertz CT molecular complexity index is 504. The highest BCUT2D eigenvalue weighted by Gasteiger charge is 2.31. The zero-order valence-electron chi connectivity index (χ0n) is 7.62. The fraction of sp³-hybridized carbons (Fsp3) is 0.111. The van der Waals surface area contributed by atoms with Gasteiger partial charge in [0.2, 0.25) is 0 Å². The smallest absolute Gasteiger partial charge is 0.302 e. The van der Waals surface area contributed by atoms with Crippen molar-refractivity contribution in [3.05, 3.63) is 45.1 Å². The summed E-state index contributed by atoms with van der Waals surface area (Å²) >= 11 is 5.52. The van der Waals surface area contributed by atoms with E-state index < -0.39 is 27.8 Å². The van der Waals surface area contributed by atoms with E-state index in [-0.39, 0.29) is 11.3 Å². The number of halogens is 3. The predicted molar refractivity (Wildman–Crippen MR) is 51.6 cm³/mol. The van der Waals surface area contributed by atoms with Crippen molar-refractivity contribution < 1.29 is 18.4 Å². The van der Waals surface area contributed by atoms with Gasteiger partial charge in [0, 0.05) is 17.7 Å². The van der Waals surface area contributed by atoms with Gasteiger partial charge in [0.25, 0.3) is 5.56 Å². The van der Waals surface area contributed by atoms with E-state index in [0.717, 1.165) is 12.1 Å². The minimum absolute atomic E-state index is 0.0406. The normalized spacial score (nSPS) is 18.4. The third-order valence-corrected chi connectivity index (χ3v) is 2.32. The highest BCUT2D eigenvalue weighted by atomic mass is 35.5. The van der Waals surface area contributed by atoms with Crippen LogP contribution in [0.2, 0.25) is 0 Å². The maximum Gasteiger partial charge on any atom is 0.302 e. The second-order valence-electron chi connectivity index (χ2n) is 3.07. The lowest BCUT2D eigenvalue weighted by Gasteiger charge is -2.18. The van der Waals surface area contributed by atoms with E-state index in [1.807, 2.05) is 0 Å². The maximum absolute atomic E-state index is 13.2. The average Bonchev–Trinajstić information content (AvgIpc) is 2.18. The summed E-state index contributed by atoms with van der Waals surface area (Å²) in [4.78, 5) is 9.77. The standard InChI is InChI=1S/C9H4ClF2NO3/c10-9-7(13(14)15)2-4-1-5(11)3-6(12)8(4)16-9/h1-3,9H. The SMILES string of the molecule is O=[N+]([O-])C1=Cc2cc(F)cc(F)c2OC1Cl. The van der Waals surface area contributed by atoms with Crippen LogP contribution in [0.3, 0.4) is 0 Å². The molecule has 1 aromatic carbocycles. The van der Waals surface area contributed by atoms with E-state index in [4.69, 9.17) is 16.3 Å². The fourth-order valence-corrected chi connectivity index (χ4v) is 1.57. The van der Waals surface area contributed by atoms with Crippen LogP contribution in [0.4, 0.5) is 8.78 Å². The molecule has 0 radical (unpaired) electrons. The first-order valence-corrected chi connectivity index (χ1v) is 4.58. The van der Waals surface area contributed by atoms with Crippen molar-refractivity contribution in [2.45, 2.75) is 5.56 Å². The monoisotopic (exact) mass is 247 g/mol. The first-order chi connectivity index (χ1) is 7.49. The van der Waals surface area contributed by atoms with Crippen LogP contribution >= 0.6 is 11.6 Å². The zero-order valence-corrected chi connectivity index (χ0v) is 8.37. The van der Waals surface area contributed by atoms with Crippen LogP contribution < -0.4 is 4.74 Å². The minimum Gasteiger partial charge on any atom is -0.460 e. The molecule has 0 saturated carbocycles. The van der Waals surface area contributed by atoms with E-state index in [1.165, 1.54) is 0 Å². The summed E-state index contributed by atoms with van der Waals surface area (Å²) in [6.07, 6.45) is 0.989. The molecule has 0 amide bonds. The van der Waals surface area contributed by atoms with Gasteiger partial charge in [0.1, 0.15) is 5.82 Å². The zero-order chi connectivity index (χ0) is 11.9. The molecule has 1 atom stereocenters. The topological polar surface area (TPSA) is 52.4 Å². The van der Waals surface area contributed by atoms with Crippen molar-refractivity contribution in [2.24, 2.45) is 0 Å². The molecule has 1 aliphatic heterocycles. The number of ether oxygens (including phenoxy) is 1. The molecule has 0 aliphatic carbocycles. The van der Waals surface area contributed by atoms with Crippen molar-refractivity contribution in [3.8, 4) is 5.75 Å². The molecule has 1 unspecified atom stereocenters. The molecule has 84 valence electrons. The van der Waals surface area contributed by atoms with Crippen LogP contribution in [0, 0.1) is 21.7 Å². The summed E-state index contributed by atoms with van der Waals surface area (Å²) in [5.74, 6) is -2.07. The van der Waals surface area contributed by atoms with Crippen LogP contribution in [-0.2, 0) is 0 Å². The molecule has 0 spiro atoms. The van der Waals surface area contributed by atoms with Gasteiger partial charge in [-0.05, 0) is 6.07 Å². The van der Waals surface area contributed by atoms with Crippen molar-refractivity contribution >= 4 is 17.7 Å². The molecule has 7 heteroatoms. The second-order valence-corrected chi connectivity index (χ2v) is 3.46. The van der Waals surface area contributed by atoms with Crippen molar-refractivity contribution in [1.29, 1.82) is 0 Å². The van der Waals surface area contributed by atoms with E-state index in [1.54, 1.807) is 0 Å².